The van der Waals surface area contributed by atoms with Gasteiger partial charge in [-0.15, -0.1) is 0 Å². The molecule has 4 heteroatoms. The Balaban J connectivity index is 2.11. The second-order valence-electron chi connectivity index (χ2n) is 8.35. The summed E-state index contributed by atoms with van der Waals surface area (Å²) in [6.45, 7) is 11.5. The fraction of sp³-hybridized carbons (Fsp3) is 0.476. The van der Waals surface area contributed by atoms with Crippen LogP contribution in [0.5, 0.6) is 5.75 Å². The van der Waals surface area contributed by atoms with Gasteiger partial charge in [0.05, 0.1) is 5.60 Å². The fourth-order valence-electron chi connectivity index (χ4n) is 3.50. The lowest BCUT2D eigenvalue weighted by molar-refractivity contribution is -0.0229. The van der Waals surface area contributed by atoms with Gasteiger partial charge in [-0.05, 0) is 45.4 Å². The molecule has 4 nitrogen and oxygen atoms in total. The Hall–Kier alpha value is -2.07. The number of aliphatic hydroxyl groups is 1. The number of rotatable bonds is 3. The minimum Gasteiger partial charge on any atom is -0.487 e. The number of benzene rings is 1. The Kier molecular flexibility index (Phi) is 4.07. The molecule has 1 atom stereocenters. The number of ether oxygens (including phenoxy) is 1. The van der Waals surface area contributed by atoms with Gasteiger partial charge in [0.25, 0.3) is 0 Å². The van der Waals surface area contributed by atoms with E-state index in [4.69, 9.17) is 9.15 Å². The number of hydrogen-bond acceptors (Lipinski definition) is 4. The molecule has 1 N–H and O–H groups in total. The first-order valence-corrected chi connectivity index (χ1v) is 8.64. The van der Waals surface area contributed by atoms with Gasteiger partial charge in [-0.2, -0.15) is 0 Å². The minimum atomic E-state index is -0.928. The molecule has 0 amide bonds. The van der Waals surface area contributed by atoms with Crippen LogP contribution in [0.2, 0.25) is 0 Å². The molecule has 0 bridgehead atoms. The fourth-order valence-corrected chi connectivity index (χ4v) is 3.50. The third kappa shape index (κ3) is 3.36. The number of hydrogen-bond donors (Lipinski definition) is 1. The molecule has 0 saturated heterocycles. The molecule has 0 fully saturated rings. The van der Waals surface area contributed by atoms with Gasteiger partial charge >= 0.3 is 5.63 Å². The van der Waals surface area contributed by atoms with Crippen LogP contribution in [0, 0.1) is 0 Å². The second-order valence-corrected chi connectivity index (χ2v) is 8.35. The van der Waals surface area contributed by atoms with Crippen molar-refractivity contribution in [2.45, 2.75) is 65.1 Å². The van der Waals surface area contributed by atoms with E-state index < -0.39 is 11.0 Å². The second kappa shape index (κ2) is 5.73. The Bertz CT molecular complexity index is 906. The zero-order valence-electron chi connectivity index (χ0n) is 15.8. The number of fused-ring (bicyclic) bond motifs is 2. The summed E-state index contributed by atoms with van der Waals surface area (Å²) in [4.78, 5) is 12.5. The number of allylic oxidation sites excluding steroid dienone is 2. The van der Waals surface area contributed by atoms with Crippen molar-refractivity contribution in [2.75, 3.05) is 0 Å². The van der Waals surface area contributed by atoms with Crippen LogP contribution in [0.3, 0.4) is 0 Å². The van der Waals surface area contributed by atoms with Gasteiger partial charge in [-0.3, -0.25) is 0 Å². The maximum Gasteiger partial charge on any atom is 0.340 e. The molecule has 0 spiro atoms. The van der Waals surface area contributed by atoms with E-state index in [9.17, 15) is 9.90 Å². The average Bonchev–Trinajstić information content (AvgIpc) is 2.85. The van der Waals surface area contributed by atoms with Gasteiger partial charge in [-0.1, -0.05) is 25.5 Å². The van der Waals surface area contributed by atoms with Crippen molar-refractivity contribution in [3.8, 4) is 5.75 Å². The highest BCUT2D eigenvalue weighted by Crippen LogP contribution is 2.37. The van der Waals surface area contributed by atoms with E-state index >= 15 is 0 Å². The SMILES string of the molecule is CC(C)=CC(C)(C)c1cc2cc3c(cc2oc1=O)OC(C(C)(C)O)C3. The van der Waals surface area contributed by atoms with Crippen LogP contribution in [0.25, 0.3) is 11.0 Å². The quantitative estimate of drug-likeness (QED) is 0.673. The summed E-state index contributed by atoms with van der Waals surface area (Å²) in [7, 11) is 0. The molecule has 3 rings (SSSR count). The molecule has 1 aromatic carbocycles. The molecular formula is C21H26O4. The van der Waals surface area contributed by atoms with Crippen molar-refractivity contribution >= 4 is 11.0 Å². The monoisotopic (exact) mass is 342 g/mol. The van der Waals surface area contributed by atoms with Crippen LogP contribution in [0.15, 0.2) is 39.1 Å². The maximum absolute atomic E-state index is 12.5. The molecular weight excluding hydrogens is 316 g/mol. The summed E-state index contributed by atoms with van der Waals surface area (Å²) < 4.78 is 11.4. The highest BCUT2D eigenvalue weighted by molar-refractivity contribution is 5.80. The molecule has 134 valence electrons. The van der Waals surface area contributed by atoms with Crippen molar-refractivity contribution in [3.63, 3.8) is 0 Å². The predicted molar refractivity (Wildman–Crippen MR) is 99.4 cm³/mol. The summed E-state index contributed by atoms with van der Waals surface area (Å²) in [6.07, 6.45) is 2.42. The van der Waals surface area contributed by atoms with Crippen molar-refractivity contribution in [3.05, 3.63) is 51.4 Å². The molecule has 0 radical (unpaired) electrons. The molecule has 25 heavy (non-hydrogen) atoms. The molecule has 1 unspecified atom stereocenters. The zero-order chi connectivity index (χ0) is 18.6. The lowest BCUT2D eigenvalue weighted by atomic mass is 9.83. The van der Waals surface area contributed by atoms with E-state index in [1.165, 1.54) is 0 Å². The average molecular weight is 342 g/mol. The van der Waals surface area contributed by atoms with Gasteiger partial charge in [0.2, 0.25) is 0 Å². The molecule has 2 aromatic rings. The normalized spacial score (nSPS) is 17.3. The zero-order valence-corrected chi connectivity index (χ0v) is 15.8. The first-order chi connectivity index (χ1) is 11.5. The van der Waals surface area contributed by atoms with Crippen molar-refractivity contribution in [1.82, 2.24) is 0 Å². The Morgan fingerprint density at radius 1 is 1.20 bits per heavy atom. The van der Waals surface area contributed by atoms with Gasteiger partial charge in [-0.25, -0.2) is 4.79 Å². The van der Waals surface area contributed by atoms with Crippen LogP contribution >= 0.6 is 0 Å². The van der Waals surface area contributed by atoms with E-state index in [0.717, 1.165) is 16.5 Å². The van der Waals surface area contributed by atoms with Crippen LogP contribution in [-0.2, 0) is 11.8 Å². The maximum atomic E-state index is 12.5. The van der Waals surface area contributed by atoms with E-state index in [1.54, 1.807) is 19.9 Å². The molecule has 1 aromatic heterocycles. The van der Waals surface area contributed by atoms with Crippen molar-refractivity contribution < 1.29 is 14.3 Å². The van der Waals surface area contributed by atoms with Crippen LogP contribution in [-0.4, -0.2) is 16.8 Å². The molecule has 0 saturated carbocycles. The van der Waals surface area contributed by atoms with Crippen LogP contribution in [0.4, 0.5) is 0 Å². The molecule has 1 aliphatic heterocycles. The topological polar surface area (TPSA) is 59.7 Å². The van der Waals surface area contributed by atoms with E-state index in [-0.39, 0.29) is 11.7 Å². The third-order valence-electron chi connectivity index (χ3n) is 4.72. The first-order valence-electron chi connectivity index (χ1n) is 8.64. The summed E-state index contributed by atoms with van der Waals surface area (Å²) in [5.74, 6) is 0.680. The van der Waals surface area contributed by atoms with Gasteiger partial charge in [0.1, 0.15) is 17.4 Å². The van der Waals surface area contributed by atoms with Crippen molar-refractivity contribution in [1.29, 1.82) is 0 Å². The Labute approximate surface area is 148 Å². The van der Waals surface area contributed by atoms with Gasteiger partial charge in [0, 0.05) is 28.9 Å². The van der Waals surface area contributed by atoms with Crippen molar-refractivity contribution in [2.24, 2.45) is 0 Å². The summed E-state index contributed by atoms with van der Waals surface area (Å²) >= 11 is 0. The van der Waals surface area contributed by atoms with Gasteiger partial charge in [0.15, 0.2) is 0 Å². The molecule has 2 heterocycles. The van der Waals surface area contributed by atoms with Gasteiger partial charge < -0.3 is 14.3 Å². The molecule has 1 aliphatic rings. The summed E-state index contributed by atoms with van der Waals surface area (Å²) in [5.41, 5.74) is 1.67. The van der Waals surface area contributed by atoms with E-state index in [2.05, 4.69) is 6.08 Å². The predicted octanol–water partition coefficient (Wildman–Crippen LogP) is 4.11. The Morgan fingerprint density at radius 3 is 2.48 bits per heavy atom. The third-order valence-corrected chi connectivity index (χ3v) is 4.72. The van der Waals surface area contributed by atoms with E-state index in [0.29, 0.717) is 23.3 Å². The van der Waals surface area contributed by atoms with Crippen LogP contribution in [0.1, 0.15) is 52.7 Å². The lowest BCUT2D eigenvalue weighted by Crippen LogP contribution is -2.39. The lowest BCUT2D eigenvalue weighted by Gasteiger charge is -2.24. The summed E-state index contributed by atoms with van der Waals surface area (Å²) in [5, 5.41) is 11.1. The van der Waals surface area contributed by atoms with Crippen LogP contribution < -0.4 is 10.4 Å². The largest absolute Gasteiger partial charge is 0.487 e. The smallest absolute Gasteiger partial charge is 0.340 e. The minimum absolute atomic E-state index is 0.299. The Morgan fingerprint density at radius 2 is 1.88 bits per heavy atom. The molecule has 0 aliphatic carbocycles. The summed E-state index contributed by atoms with van der Waals surface area (Å²) in [6, 6.07) is 5.68. The van der Waals surface area contributed by atoms with E-state index in [1.807, 2.05) is 39.8 Å². The first kappa shape index (κ1) is 17.7. The highest BCUT2D eigenvalue weighted by atomic mass is 16.5. The highest BCUT2D eigenvalue weighted by Gasteiger charge is 2.35. The standard InChI is InChI=1S/C21H26O4/c1-12(2)11-20(3,4)15-8-13-7-14-9-18(21(5,6)23)24-16(14)10-17(13)25-19(15)22/h7-8,10-11,18,23H,9H2,1-6H3.